The van der Waals surface area contributed by atoms with Crippen LogP contribution in [0.15, 0.2) is 42.5 Å². The van der Waals surface area contributed by atoms with Crippen molar-refractivity contribution in [3.05, 3.63) is 58.6 Å². The second-order valence-corrected chi connectivity index (χ2v) is 4.42. The smallest absolute Gasteiger partial charge is 0.255 e. The van der Waals surface area contributed by atoms with Crippen LogP contribution in [-0.4, -0.2) is 5.91 Å². The molecule has 92 valence electrons. The maximum Gasteiger partial charge on any atom is 0.255 e. The predicted octanol–water partition coefficient (Wildman–Crippen LogP) is 3.48. The van der Waals surface area contributed by atoms with E-state index in [2.05, 4.69) is 5.32 Å². The number of carbonyl (C=O) groups is 1. The highest BCUT2D eigenvalue weighted by Crippen LogP contribution is 2.24. The fourth-order valence-corrected chi connectivity index (χ4v) is 1.82. The van der Waals surface area contributed by atoms with Crippen molar-refractivity contribution in [2.45, 2.75) is 6.92 Å². The first-order valence-corrected chi connectivity index (χ1v) is 5.88. The topological polar surface area (TPSA) is 55.1 Å². The number of rotatable bonds is 2. The van der Waals surface area contributed by atoms with Crippen LogP contribution in [-0.2, 0) is 0 Å². The second-order valence-electron chi connectivity index (χ2n) is 4.01. The van der Waals surface area contributed by atoms with Crippen LogP contribution in [0.25, 0.3) is 0 Å². The lowest BCUT2D eigenvalue weighted by molar-refractivity contribution is 0.102. The number of carbonyl (C=O) groups excluding carboxylic acids is 1. The van der Waals surface area contributed by atoms with Gasteiger partial charge in [-0.3, -0.25) is 4.79 Å². The van der Waals surface area contributed by atoms with Crippen molar-refractivity contribution < 1.29 is 4.79 Å². The molecule has 3 nitrogen and oxygen atoms in total. The van der Waals surface area contributed by atoms with Crippen molar-refractivity contribution in [2.75, 3.05) is 11.1 Å². The van der Waals surface area contributed by atoms with E-state index in [4.69, 9.17) is 17.3 Å². The fraction of sp³-hybridized carbons (Fsp3) is 0.0714. The number of amides is 1. The number of aryl methyl sites for hydroxylation is 1. The summed E-state index contributed by atoms with van der Waals surface area (Å²) >= 11 is 6.00. The van der Waals surface area contributed by atoms with Gasteiger partial charge in [0.2, 0.25) is 0 Å². The lowest BCUT2D eigenvalue weighted by atomic mass is 10.1. The molecule has 0 saturated carbocycles. The summed E-state index contributed by atoms with van der Waals surface area (Å²) in [7, 11) is 0. The zero-order chi connectivity index (χ0) is 13.1. The highest BCUT2D eigenvalue weighted by atomic mass is 35.5. The van der Waals surface area contributed by atoms with Gasteiger partial charge >= 0.3 is 0 Å². The average molecular weight is 261 g/mol. The summed E-state index contributed by atoms with van der Waals surface area (Å²) in [5.41, 5.74) is 8.27. The Kier molecular flexibility index (Phi) is 3.53. The van der Waals surface area contributed by atoms with Gasteiger partial charge in [-0.05, 0) is 36.8 Å². The maximum atomic E-state index is 12.1. The summed E-state index contributed by atoms with van der Waals surface area (Å²) in [5, 5.41) is 3.22. The summed E-state index contributed by atoms with van der Waals surface area (Å²) in [5.74, 6) is -0.194. The molecule has 2 aromatic carbocycles. The number of benzene rings is 2. The van der Waals surface area contributed by atoms with Crippen molar-refractivity contribution in [3.63, 3.8) is 0 Å². The lowest BCUT2D eigenvalue weighted by Gasteiger charge is -2.09. The molecule has 0 bridgehead atoms. The number of nitrogen functional groups attached to an aromatic ring is 1. The van der Waals surface area contributed by atoms with Gasteiger partial charge in [0.05, 0.1) is 10.7 Å². The zero-order valence-electron chi connectivity index (χ0n) is 9.91. The molecular weight excluding hydrogens is 248 g/mol. The predicted molar refractivity (Wildman–Crippen MR) is 75.0 cm³/mol. The Bertz CT molecular complexity index is 596. The molecule has 0 aliphatic rings. The summed E-state index contributed by atoms with van der Waals surface area (Å²) in [6, 6.07) is 12.3. The minimum absolute atomic E-state index is 0.194. The van der Waals surface area contributed by atoms with Crippen molar-refractivity contribution in [3.8, 4) is 0 Å². The van der Waals surface area contributed by atoms with Gasteiger partial charge in [-0.1, -0.05) is 29.8 Å². The molecule has 3 N–H and O–H groups in total. The first-order valence-electron chi connectivity index (χ1n) is 5.50. The van der Waals surface area contributed by atoms with Crippen molar-refractivity contribution in [2.24, 2.45) is 0 Å². The quantitative estimate of drug-likeness (QED) is 0.812. The Morgan fingerprint density at radius 3 is 2.67 bits per heavy atom. The van der Waals surface area contributed by atoms with Gasteiger partial charge in [0.15, 0.2) is 0 Å². The zero-order valence-corrected chi connectivity index (χ0v) is 10.7. The Morgan fingerprint density at radius 2 is 1.94 bits per heavy atom. The highest BCUT2D eigenvalue weighted by Gasteiger charge is 2.10. The summed E-state index contributed by atoms with van der Waals surface area (Å²) in [6.07, 6.45) is 0. The molecule has 0 atom stereocenters. The standard InChI is InChI=1S/C14H13ClN2O/c1-9-4-2-3-5-11(9)14(18)17-13-8-10(16)6-7-12(13)15/h2-8H,16H2,1H3,(H,17,18). The molecule has 0 radical (unpaired) electrons. The Hall–Kier alpha value is -2.00. The molecular formula is C14H13ClN2O. The fourth-order valence-electron chi connectivity index (χ4n) is 1.66. The average Bonchev–Trinajstić information content (AvgIpc) is 2.34. The van der Waals surface area contributed by atoms with Crippen LogP contribution in [0, 0.1) is 6.92 Å². The molecule has 1 amide bonds. The number of anilines is 2. The third-order valence-electron chi connectivity index (χ3n) is 2.63. The van der Waals surface area contributed by atoms with Crippen molar-refractivity contribution in [1.82, 2.24) is 0 Å². The molecule has 0 spiro atoms. The van der Waals surface area contributed by atoms with Gasteiger partial charge in [-0.25, -0.2) is 0 Å². The number of hydrogen-bond acceptors (Lipinski definition) is 2. The van der Waals surface area contributed by atoms with Gasteiger partial charge in [0.25, 0.3) is 5.91 Å². The molecule has 0 aliphatic carbocycles. The van der Waals surface area contributed by atoms with Gasteiger partial charge < -0.3 is 11.1 Å². The molecule has 0 aliphatic heterocycles. The largest absolute Gasteiger partial charge is 0.399 e. The van der Waals surface area contributed by atoms with Crippen LogP contribution in [0.1, 0.15) is 15.9 Å². The first kappa shape index (κ1) is 12.5. The Morgan fingerprint density at radius 1 is 1.22 bits per heavy atom. The summed E-state index contributed by atoms with van der Waals surface area (Å²) in [6.45, 7) is 1.88. The molecule has 0 unspecified atom stereocenters. The molecule has 4 heteroatoms. The highest BCUT2D eigenvalue weighted by molar-refractivity contribution is 6.34. The monoisotopic (exact) mass is 260 g/mol. The van der Waals surface area contributed by atoms with Crippen LogP contribution in [0.2, 0.25) is 5.02 Å². The summed E-state index contributed by atoms with van der Waals surface area (Å²) < 4.78 is 0. The van der Waals surface area contributed by atoms with E-state index in [0.717, 1.165) is 5.56 Å². The number of hydrogen-bond donors (Lipinski definition) is 2. The second kappa shape index (κ2) is 5.10. The maximum absolute atomic E-state index is 12.1. The summed E-state index contributed by atoms with van der Waals surface area (Å²) in [4.78, 5) is 12.1. The normalized spacial score (nSPS) is 10.1. The third-order valence-corrected chi connectivity index (χ3v) is 2.96. The SMILES string of the molecule is Cc1ccccc1C(=O)Nc1cc(N)ccc1Cl. The van der Waals surface area contributed by atoms with Crippen LogP contribution in [0.4, 0.5) is 11.4 Å². The van der Waals surface area contributed by atoms with E-state index < -0.39 is 0 Å². The molecule has 2 aromatic rings. The first-order chi connectivity index (χ1) is 8.58. The van der Waals surface area contributed by atoms with Crippen LogP contribution >= 0.6 is 11.6 Å². The van der Waals surface area contributed by atoms with Gasteiger partial charge in [0, 0.05) is 11.3 Å². The van der Waals surface area contributed by atoms with Crippen LogP contribution in [0.5, 0.6) is 0 Å². The number of nitrogens with two attached hydrogens (primary N) is 1. The molecule has 0 saturated heterocycles. The van der Waals surface area contributed by atoms with E-state index in [-0.39, 0.29) is 5.91 Å². The minimum atomic E-state index is -0.194. The molecule has 0 fully saturated rings. The van der Waals surface area contributed by atoms with Crippen molar-refractivity contribution in [1.29, 1.82) is 0 Å². The van der Waals surface area contributed by atoms with Gasteiger partial charge in [0.1, 0.15) is 0 Å². The minimum Gasteiger partial charge on any atom is -0.399 e. The van der Waals surface area contributed by atoms with Gasteiger partial charge in [-0.2, -0.15) is 0 Å². The third kappa shape index (κ3) is 2.63. The van der Waals surface area contributed by atoms with E-state index in [1.165, 1.54) is 0 Å². The van der Waals surface area contributed by atoms with Gasteiger partial charge in [-0.15, -0.1) is 0 Å². The van der Waals surface area contributed by atoms with Crippen LogP contribution in [0.3, 0.4) is 0 Å². The lowest BCUT2D eigenvalue weighted by Crippen LogP contribution is -2.13. The Labute approximate surface area is 111 Å². The van der Waals surface area contributed by atoms with Crippen LogP contribution < -0.4 is 11.1 Å². The molecule has 0 heterocycles. The van der Waals surface area contributed by atoms with E-state index in [9.17, 15) is 4.79 Å². The van der Waals surface area contributed by atoms with E-state index in [0.29, 0.717) is 22.0 Å². The number of halogens is 1. The number of nitrogens with one attached hydrogen (secondary N) is 1. The van der Waals surface area contributed by atoms with E-state index in [1.807, 2.05) is 25.1 Å². The van der Waals surface area contributed by atoms with Crippen molar-refractivity contribution >= 4 is 28.9 Å². The van der Waals surface area contributed by atoms with E-state index in [1.54, 1.807) is 24.3 Å². The van der Waals surface area contributed by atoms with E-state index >= 15 is 0 Å². The Balaban J connectivity index is 2.27. The molecule has 0 aromatic heterocycles. The molecule has 2 rings (SSSR count). The molecule has 18 heavy (non-hydrogen) atoms.